The van der Waals surface area contributed by atoms with E-state index in [1.807, 2.05) is 13.0 Å². The molecule has 1 N–H and O–H groups in total. The molecule has 1 atom stereocenters. The Morgan fingerprint density at radius 2 is 1.76 bits per heavy atom. The third kappa shape index (κ3) is 3.72. The predicted molar refractivity (Wildman–Crippen MR) is 81.0 cm³/mol. The first-order valence-electron chi connectivity index (χ1n) is 5.94. The summed E-state index contributed by atoms with van der Waals surface area (Å²) in [6, 6.07) is 8.90. The number of hydrogen-bond acceptors (Lipinski definition) is 4. The van der Waals surface area contributed by atoms with Crippen molar-refractivity contribution in [3.8, 4) is 0 Å². The molecule has 0 spiro atoms. The number of rotatable bonds is 5. The Labute approximate surface area is 130 Å². The van der Waals surface area contributed by atoms with Gasteiger partial charge in [0.25, 0.3) is 0 Å². The van der Waals surface area contributed by atoms with Gasteiger partial charge in [0.15, 0.2) is 0 Å². The van der Waals surface area contributed by atoms with Crippen LogP contribution in [0.4, 0.5) is 14.5 Å². The summed E-state index contributed by atoms with van der Waals surface area (Å²) in [6.45, 7) is 1.92. The SMILES string of the molecule is CC(Nc1ccc(S(=O)(=O)C(F)F)cc1)c1ccc(Cl)s1. The molecule has 0 amide bonds. The van der Waals surface area contributed by atoms with Crippen molar-refractivity contribution in [2.75, 3.05) is 5.32 Å². The van der Waals surface area contributed by atoms with Crippen LogP contribution in [0.5, 0.6) is 0 Å². The highest BCUT2D eigenvalue weighted by atomic mass is 35.5. The van der Waals surface area contributed by atoms with Crippen LogP contribution in [0.1, 0.15) is 17.8 Å². The summed E-state index contributed by atoms with van der Waals surface area (Å²) in [6.07, 6.45) is 0. The van der Waals surface area contributed by atoms with Crippen LogP contribution in [0.2, 0.25) is 4.34 Å². The molecule has 1 heterocycles. The second-order valence-electron chi connectivity index (χ2n) is 4.34. The van der Waals surface area contributed by atoms with Gasteiger partial charge >= 0.3 is 5.76 Å². The Kier molecular flexibility index (Phi) is 4.85. The Morgan fingerprint density at radius 1 is 1.14 bits per heavy atom. The second kappa shape index (κ2) is 6.29. The van der Waals surface area contributed by atoms with Gasteiger partial charge in [-0.05, 0) is 43.3 Å². The molecular weight excluding hydrogens is 340 g/mol. The van der Waals surface area contributed by atoms with E-state index >= 15 is 0 Å². The van der Waals surface area contributed by atoms with E-state index in [1.54, 1.807) is 6.07 Å². The molecule has 0 fully saturated rings. The third-order valence-corrected chi connectivity index (χ3v) is 5.63. The smallest absolute Gasteiger partial charge is 0.341 e. The quantitative estimate of drug-likeness (QED) is 0.858. The molecule has 0 aliphatic heterocycles. The molecule has 0 bridgehead atoms. The minimum absolute atomic E-state index is 0.0277. The molecule has 1 unspecified atom stereocenters. The molecule has 114 valence electrons. The van der Waals surface area contributed by atoms with Gasteiger partial charge in [-0.1, -0.05) is 11.6 Å². The maximum Gasteiger partial charge on any atom is 0.341 e. The van der Waals surface area contributed by atoms with Crippen LogP contribution >= 0.6 is 22.9 Å². The summed E-state index contributed by atoms with van der Waals surface area (Å²) in [5, 5.41) is 3.15. The van der Waals surface area contributed by atoms with Gasteiger partial charge in [0.05, 0.1) is 15.3 Å². The van der Waals surface area contributed by atoms with Crippen molar-refractivity contribution in [1.29, 1.82) is 0 Å². The zero-order valence-electron chi connectivity index (χ0n) is 10.9. The average molecular weight is 352 g/mol. The Balaban J connectivity index is 2.13. The van der Waals surface area contributed by atoms with Crippen molar-refractivity contribution in [3.63, 3.8) is 0 Å². The first kappa shape index (κ1) is 16.2. The van der Waals surface area contributed by atoms with Crippen molar-refractivity contribution in [1.82, 2.24) is 0 Å². The van der Waals surface area contributed by atoms with Crippen molar-refractivity contribution in [2.45, 2.75) is 23.6 Å². The molecule has 0 radical (unpaired) electrons. The van der Waals surface area contributed by atoms with Crippen LogP contribution in [0.15, 0.2) is 41.3 Å². The summed E-state index contributed by atoms with van der Waals surface area (Å²) in [5.41, 5.74) is 0.639. The highest BCUT2D eigenvalue weighted by molar-refractivity contribution is 7.91. The zero-order chi connectivity index (χ0) is 15.6. The van der Waals surface area contributed by atoms with E-state index < -0.39 is 20.5 Å². The molecule has 1 aromatic carbocycles. The summed E-state index contributed by atoms with van der Waals surface area (Å²) in [4.78, 5) is 0.624. The third-order valence-electron chi connectivity index (χ3n) is 2.82. The molecule has 0 aliphatic carbocycles. The fourth-order valence-electron chi connectivity index (χ4n) is 1.73. The number of nitrogens with one attached hydrogen (secondary N) is 1. The van der Waals surface area contributed by atoms with E-state index in [0.717, 1.165) is 17.0 Å². The molecule has 2 rings (SSSR count). The van der Waals surface area contributed by atoms with Gasteiger partial charge in [-0.25, -0.2) is 8.42 Å². The number of sulfone groups is 1. The largest absolute Gasteiger partial charge is 0.378 e. The van der Waals surface area contributed by atoms with E-state index in [0.29, 0.717) is 10.0 Å². The normalized spacial score (nSPS) is 13.4. The summed E-state index contributed by atoms with van der Waals surface area (Å²) in [5.74, 6) is -3.41. The lowest BCUT2D eigenvalue weighted by Gasteiger charge is -2.14. The molecule has 8 heteroatoms. The minimum atomic E-state index is -4.55. The van der Waals surface area contributed by atoms with Crippen LogP contribution < -0.4 is 5.32 Å². The number of thiophene rings is 1. The second-order valence-corrected chi connectivity index (χ2v) is 8.00. The zero-order valence-corrected chi connectivity index (χ0v) is 13.3. The monoisotopic (exact) mass is 351 g/mol. The summed E-state index contributed by atoms with van der Waals surface area (Å²) >= 11 is 7.30. The molecular formula is C13H12ClF2NO2S2. The number of alkyl halides is 2. The van der Waals surface area contributed by atoms with Gasteiger partial charge < -0.3 is 5.32 Å². The molecule has 0 aliphatic rings. The Hall–Kier alpha value is -1.18. The van der Waals surface area contributed by atoms with Gasteiger partial charge in [0, 0.05) is 10.6 Å². The van der Waals surface area contributed by atoms with E-state index in [2.05, 4.69) is 5.32 Å². The predicted octanol–water partition coefficient (Wildman–Crippen LogP) is 4.57. The minimum Gasteiger partial charge on any atom is -0.378 e. The number of benzene rings is 1. The number of hydrogen-bond donors (Lipinski definition) is 1. The van der Waals surface area contributed by atoms with Crippen molar-refractivity contribution < 1.29 is 17.2 Å². The molecule has 2 aromatic rings. The standard InChI is InChI=1S/C13H12ClF2NO2S2/c1-8(11-6-7-12(14)20-11)17-9-2-4-10(5-3-9)21(18,19)13(15)16/h2-8,13,17H,1H3. The number of halogens is 3. The van der Waals surface area contributed by atoms with Gasteiger partial charge in [0.2, 0.25) is 9.84 Å². The van der Waals surface area contributed by atoms with Crippen molar-refractivity contribution in [3.05, 3.63) is 45.6 Å². The van der Waals surface area contributed by atoms with Crippen LogP contribution in [0, 0.1) is 0 Å². The topological polar surface area (TPSA) is 46.2 Å². The van der Waals surface area contributed by atoms with E-state index in [-0.39, 0.29) is 6.04 Å². The van der Waals surface area contributed by atoms with Gasteiger partial charge in [-0.3, -0.25) is 0 Å². The van der Waals surface area contributed by atoms with Crippen LogP contribution in [-0.4, -0.2) is 14.2 Å². The first-order valence-corrected chi connectivity index (χ1v) is 8.68. The summed E-state index contributed by atoms with van der Waals surface area (Å²) in [7, 11) is -4.55. The maximum atomic E-state index is 12.4. The van der Waals surface area contributed by atoms with Gasteiger partial charge in [-0.15, -0.1) is 11.3 Å². The Bertz CT molecular complexity index is 714. The molecule has 0 saturated carbocycles. The maximum absolute atomic E-state index is 12.4. The lowest BCUT2D eigenvalue weighted by Crippen LogP contribution is -2.11. The lowest BCUT2D eigenvalue weighted by molar-refractivity contribution is 0.234. The fraction of sp³-hybridized carbons (Fsp3) is 0.231. The molecule has 0 saturated heterocycles. The first-order chi connectivity index (χ1) is 9.80. The Morgan fingerprint density at radius 3 is 2.24 bits per heavy atom. The van der Waals surface area contributed by atoms with Crippen molar-refractivity contribution >= 4 is 38.5 Å². The fourth-order valence-corrected chi connectivity index (χ4v) is 3.51. The average Bonchev–Trinajstić information content (AvgIpc) is 2.86. The van der Waals surface area contributed by atoms with Gasteiger partial charge in [0.1, 0.15) is 0 Å². The van der Waals surface area contributed by atoms with E-state index in [4.69, 9.17) is 11.6 Å². The lowest BCUT2D eigenvalue weighted by atomic mass is 10.2. The van der Waals surface area contributed by atoms with E-state index in [9.17, 15) is 17.2 Å². The van der Waals surface area contributed by atoms with Crippen LogP contribution in [0.3, 0.4) is 0 Å². The number of anilines is 1. The molecule has 3 nitrogen and oxygen atoms in total. The van der Waals surface area contributed by atoms with Gasteiger partial charge in [-0.2, -0.15) is 8.78 Å². The molecule has 1 aromatic heterocycles. The van der Waals surface area contributed by atoms with E-state index in [1.165, 1.54) is 23.5 Å². The van der Waals surface area contributed by atoms with Crippen molar-refractivity contribution in [2.24, 2.45) is 0 Å². The van der Waals surface area contributed by atoms with Crippen LogP contribution in [-0.2, 0) is 9.84 Å². The molecule has 21 heavy (non-hydrogen) atoms. The highest BCUT2D eigenvalue weighted by Crippen LogP contribution is 2.29. The summed E-state index contributed by atoms with van der Waals surface area (Å²) < 4.78 is 48.1. The highest BCUT2D eigenvalue weighted by Gasteiger charge is 2.26. The van der Waals surface area contributed by atoms with Crippen LogP contribution in [0.25, 0.3) is 0 Å².